The van der Waals surface area contributed by atoms with Gasteiger partial charge in [0.05, 0.1) is 15.9 Å². The Labute approximate surface area is 140 Å². The first kappa shape index (κ1) is 17.3. The predicted molar refractivity (Wildman–Crippen MR) is 94.5 cm³/mol. The van der Waals surface area contributed by atoms with Crippen LogP contribution in [0.1, 0.15) is 44.5 Å². The number of nitrogens with zero attached hydrogens (tertiary/aromatic N) is 2. The van der Waals surface area contributed by atoms with Gasteiger partial charge in [0.25, 0.3) is 0 Å². The van der Waals surface area contributed by atoms with E-state index in [-0.39, 0.29) is 0 Å². The van der Waals surface area contributed by atoms with Crippen molar-refractivity contribution in [2.45, 2.75) is 58.5 Å². The maximum Gasteiger partial charge on any atom is 0.0766 e. The highest BCUT2D eigenvalue weighted by atomic mass is 79.9. The molecule has 120 valence electrons. The number of hydrogen-bond acceptors (Lipinski definition) is 4. The summed E-state index contributed by atoms with van der Waals surface area (Å²) in [6, 6.07) is 0.334. The van der Waals surface area contributed by atoms with Crippen LogP contribution in [0.2, 0.25) is 0 Å². The molecule has 0 aromatic carbocycles. The molecule has 1 aliphatic rings. The molecule has 0 saturated carbocycles. The van der Waals surface area contributed by atoms with Gasteiger partial charge in [0.15, 0.2) is 0 Å². The quantitative estimate of drug-likeness (QED) is 0.568. The van der Waals surface area contributed by atoms with Gasteiger partial charge in [-0.2, -0.15) is 16.9 Å². The SMILES string of the molecule is CCc1nn(CC)c(CC(CC2CCSCC2)NN)c1Br. The van der Waals surface area contributed by atoms with E-state index in [0.717, 1.165) is 31.0 Å². The van der Waals surface area contributed by atoms with E-state index >= 15 is 0 Å². The lowest BCUT2D eigenvalue weighted by Gasteiger charge is -2.26. The van der Waals surface area contributed by atoms with Gasteiger partial charge >= 0.3 is 0 Å². The van der Waals surface area contributed by atoms with Gasteiger partial charge in [-0.3, -0.25) is 16.0 Å². The average molecular weight is 375 g/mol. The van der Waals surface area contributed by atoms with Gasteiger partial charge in [0.1, 0.15) is 0 Å². The van der Waals surface area contributed by atoms with Crippen molar-refractivity contribution in [3.05, 3.63) is 15.9 Å². The van der Waals surface area contributed by atoms with Crippen molar-refractivity contribution in [3.8, 4) is 0 Å². The number of rotatable bonds is 7. The smallest absolute Gasteiger partial charge is 0.0766 e. The maximum atomic E-state index is 5.82. The van der Waals surface area contributed by atoms with Crippen LogP contribution in [-0.2, 0) is 19.4 Å². The lowest BCUT2D eigenvalue weighted by atomic mass is 9.92. The summed E-state index contributed by atoms with van der Waals surface area (Å²) in [7, 11) is 0. The highest BCUT2D eigenvalue weighted by Gasteiger charge is 2.22. The van der Waals surface area contributed by atoms with Crippen molar-refractivity contribution >= 4 is 27.7 Å². The third-order valence-electron chi connectivity index (χ3n) is 4.33. The van der Waals surface area contributed by atoms with Gasteiger partial charge in [0, 0.05) is 19.0 Å². The van der Waals surface area contributed by atoms with Crippen LogP contribution in [-0.4, -0.2) is 27.3 Å². The minimum Gasteiger partial charge on any atom is -0.271 e. The van der Waals surface area contributed by atoms with Crippen LogP contribution < -0.4 is 11.3 Å². The molecular weight excluding hydrogens is 348 g/mol. The average Bonchev–Trinajstić information content (AvgIpc) is 2.83. The van der Waals surface area contributed by atoms with Crippen molar-refractivity contribution in [3.63, 3.8) is 0 Å². The number of nitrogens with one attached hydrogen (secondary N) is 1. The zero-order valence-corrected chi connectivity index (χ0v) is 15.5. The minimum absolute atomic E-state index is 0.334. The number of nitrogens with two attached hydrogens (primary N) is 1. The number of thioether (sulfide) groups is 1. The molecule has 0 radical (unpaired) electrons. The molecule has 1 atom stereocenters. The van der Waals surface area contributed by atoms with Crippen molar-refractivity contribution < 1.29 is 0 Å². The highest BCUT2D eigenvalue weighted by Crippen LogP contribution is 2.29. The molecule has 4 nitrogen and oxygen atoms in total. The van der Waals surface area contributed by atoms with Gasteiger partial charge in [-0.15, -0.1) is 0 Å². The Kier molecular flexibility index (Phi) is 7.05. The van der Waals surface area contributed by atoms with Gasteiger partial charge in [0.2, 0.25) is 0 Å². The largest absolute Gasteiger partial charge is 0.271 e. The Bertz CT molecular complexity index is 443. The molecule has 1 saturated heterocycles. The van der Waals surface area contributed by atoms with E-state index in [4.69, 9.17) is 5.84 Å². The molecule has 21 heavy (non-hydrogen) atoms. The van der Waals surface area contributed by atoms with Crippen LogP contribution in [0.15, 0.2) is 4.47 Å². The lowest BCUT2D eigenvalue weighted by molar-refractivity contribution is 0.360. The minimum atomic E-state index is 0.334. The second kappa shape index (κ2) is 8.56. The van der Waals surface area contributed by atoms with Crippen LogP contribution in [0.4, 0.5) is 0 Å². The van der Waals surface area contributed by atoms with Crippen LogP contribution in [0.3, 0.4) is 0 Å². The summed E-state index contributed by atoms with van der Waals surface area (Å²) in [5, 5.41) is 4.68. The maximum absolute atomic E-state index is 5.82. The Morgan fingerprint density at radius 2 is 2.14 bits per heavy atom. The number of aryl methyl sites for hydroxylation is 2. The lowest BCUT2D eigenvalue weighted by Crippen LogP contribution is -2.39. The Hall–Kier alpha value is -0.0400. The fraction of sp³-hybridized carbons (Fsp3) is 0.800. The van der Waals surface area contributed by atoms with E-state index in [0.29, 0.717) is 6.04 Å². The second-order valence-electron chi connectivity index (χ2n) is 5.74. The standard InChI is InChI=1S/C15H27BrN4S/c1-3-13-15(16)14(20(4-2)19-13)10-12(18-17)9-11-5-7-21-8-6-11/h11-12,18H,3-10,17H2,1-2H3. The second-order valence-corrected chi connectivity index (χ2v) is 7.75. The van der Waals surface area contributed by atoms with Crippen molar-refractivity contribution in [1.82, 2.24) is 15.2 Å². The summed E-state index contributed by atoms with van der Waals surface area (Å²) in [5.74, 6) is 9.24. The summed E-state index contributed by atoms with van der Waals surface area (Å²) >= 11 is 5.81. The normalized spacial score (nSPS) is 18.1. The molecule has 1 fully saturated rings. The molecule has 1 aromatic rings. The molecule has 2 heterocycles. The molecule has 3 N–H and O–H groups in total. The van der Waals surface area contributed by atoms with Crippen molar-refractivity contribution in [2.75, 3.05) is 11.5 Å². The fourth-order valence-electron chi connectivity index (χ4n) is 3.04. The number of aromatic nitrogens is 2. The molecule has 6 heteroatoms. The van der Waals surface area contributed by atoms with Crippen LogP contribution >= 0.6 is 27.7 Å². The van der Waals surface area contributed by atoms with Gasteiger partial charge in [-0.05, 0) is 66.0 Å². The summed E-state index contributed by atoms with van der Waals surface area (Å²) < 4.78 is 3.29. The molecule has 1 unspecified atom stereocenters. The van der Waals surface area contributed by atoms with Crippen LogP contribution in [0.5, 0.6) is 0 Å². The van der Waals surface area contributed by atoms with E-state index in [1.54, 1.807) is 0 Å². The summed E-state index contributed by atoms with van der Waals surface area (Å²) in [6.07, 6.45) is 5.73. The summed E-state index contributed by atoms with van der Waals surface area (Å²) in [4.78, 5) is 0. The fourth-order valence-corrected chi connectivity index (χ4v) is 4.97. The van der Waals surface area contributed by atoms with Crippen LogP contribution in [0, 0.1) is 5.92 Å². The summed E-state index contributed by atoms with van der Waals surface area (Å²) in [6.45, 7) is 5.20. The van der Waals surface area contributed by atoms with Gasteiger partial charge in [-0.1, -0.05) is 6.92 Å². The van der Waals surface area contributed by atoms with E-state index in [1.165, 1.54) is 40.9 Å². The molecule has 0 spiro atoms. The topological polar surface area (TPSA) is 55.9 Å². The van der Waals surface area contributed by atoms with Crippen LogP contribution in [0.25, 0.3) is 0 Å². The van der Waals surface area contributed by atoms with Gasteiger partial charge < -0.3 is 0 Å². The van der Waals surface area contributed by atoms with Gasteiger partial charge in [-0.25, -0.2) is 0 Å². The zero-order chi connectivity index (χ0) is 15.2. The van der Waals surface area contributed by atoms with E-state index in [1.807, 2.05) is 0 Å². The molecule has 0 aliphatic carbocycles. The third-order valence-corrected chi connectivity index (χ3v) is 6.29. The Balaban J connectivity index is 2.05. The third kappa shape index (κ3) is 4.47. The van der Waals surface area contributed by atoms with E-state index in [9.17, 15) is 0 Å². The Morgan fingerprint density at radius 1 is 1.43 bits per heavy atom. The molecule has 1 aliphatic heterocycles. The molecule has 0 amide bonds. The van der Waals surface area contributed by atoms with Crippen molar-refractivity contribution in [2.24, 2.45) is 11.8 Å². The van der Waals surface area contributed by atoms with E-state index in [2.05, 4.69) is 56.7 Å². The summed E-state index contributed by atoms with van der Waals surface area (Å²) in [5.41, 5.74) is 5.46. The zero-order valence-electron chi connectivity index (χ0n) is 13.1. The number of hydrogen-bond donors (Lipinski definition) is 2. The highest BCUT2D eigenvalue weighted by molar-refractivity contribution is 9.10. The predicted octanol–water partition coefficient (Wildman–Crippen LogP) is 3.14. The first-order valence-corrected chi connectivity index (χ1v) is 9.92. The molecule has 2 rings (SSSR count). The number of halogens is 1. The monoisotopic (exact) mass is 374 g/mol. The number of hydrazine groups is 1. The molecular formula is C15H27BrN4S. The Morgan fingerprint density at radius 3 is 2.71 bits per heavy atom. The first-order valence-electron chi connectivity index (χ1n) is 7.97. The molecule has 0 bridgehead atoms. The van der Waals surface area contributed by atoms with Crippen molar-refractivity contribution in [1.29, 1.82) is 0 Å². The first-order chi connectivity index (χ1) is 10.2. The molecule has 1 aromatic heterocycles. The van der Waals surface area contributed by atoms with E-state index < -0.39 is 0 Å².